The summed E-state index contributed by atoms with van der Waals surface area (Å²) in [6, 6.07) is 7.54. The average Bonchev–Trinajstić information content (AvgIpc) is 2.39. The highest BCUT2D eigenvalue weighted by Crippen LogP contribution is 2.25. The van der Waals surface area contributed by atoms with E-state index in [1.807, 2.05) is 36.2 Å². The predicted molar refractivity (Wildman–Crippen MR) is 83.7 cm³/mol. The fourth-order valence-corrected chi connectivity index (χ4v) is 2.26. The number of nitrogens with one attached hydrogen (secondary N) is 1. The normalized spacial score (nSPS) is 12.8. The second-order valence-corrected chi connectivity index (χ2v) is 5.79. The van der Waals surface area contributed by atoms with E-state index in [1.165, 1.54) is 0 Å². The number of nitrogens with zero attached hydrogens (tertiary/aromatic N) is 1. The molecule has 4 nitrogen and oxygen atoms in total. The molecule has 0 fully saturated rings. The number of hydrogen-bond acceptors (Lipinski definition) is 3. The van der Waals surface area contributed by atoms with Crippen LogP contribution < -0.4 is 11.1 Å². The molecule has 0 saturated carbocycles. The Kier molecular flexibility index (Phi) is 6.99. The molecule has 20 heavy (non-hydrogen) atoms. The van der Waals surface area contributed by atoms with Crippen LogP contribution in [0.2, 0.25) is 5.02 Å². The minimum atomic E-state index is -0.0616. The maximum absolute atomic E-state index is 11.9. The van der Waals surface area contributed by atoms with Crippen LogP contribution in [0.4, 0.5) is 0 Å². The number of amides is 1. The van der Waals surface area contributed by atoms with E-state index in [4.69, 9.17) is 17.3 Å². The summed E-state index contributed by atoms with van der Waals surface area (Å²) < 4.78 is 0. The van der Waals surface area contributed by atoms with E-state index >= 15 is 0 Å². The van der Waals surface area contributed by atoms with Crippen molar-refractivity contribution >= 4 is 17.5 Å². The standard InChI is InChI=1S/C15H24ClN3O/c1-11(2)9-18-15(20)10-19(3)14(8-17)12-6-4-5-7-13(12)16/h4-7,11,14H,8-10,17H2,1-3H3,(H,18,20). The van der Waals surface area contributed by atoms with E-state index in [9.17, 15) is 4.79 Å². The number of halogens is 1. The van der Waals surface area contributed by atoms with Gasteiger partial charge >= 0.3 is 0 Å². The van der Waals surface area contributed by atoms with Crippen LogP contribution in [0.15, 0.2) is 24.3 Å². The van der Waals surface area contributed by atoms with Crippen LogP contribution in [-0.4, -0.2) is 37.5 Å². The molecule has 0 bridgehead atoms. The Balaban J connectivity index is 2.66. The molecule has 5 heteroatoms. The highest BCUT2D eigenvalue weighted by Gasteiger charge is 2.19. The first-order chi connectivity index (χ1) is 9.45. The summed E-state index contributed by atoms with van der Waals surface area (Å²) >= 11 is 6.20. The topological polar surface area (TPSA) is 58.4 Å². The number of carbonyl (C=O) groups excluding carboxylic acids is 1. The zero-order valence-electron chi connectivity index (χ0n) is 12.4. The van der Waals surface area contributed by atoms with Crippen molar-refractivity contribution in [1.29, 1.82) is 0 Å². The SMILES string of the molecule is CC(C)CNC(=O)CN(C)C(CN)c1ccccc1Cl. The summed E-state index contributed by atoms with van der Waals surface area (Å²) in [7, 11) is 1.88. The summed E-state index contributed by atoms with van der Waals surface area (Å²) in [5.74, 6) is 0.449. The van der Waals surface area contributed by atoms with Gasteiger partial charge in [0.2, 0.25) is 5.91 Å². The molecule has 1 atom stereocenters. The number of nitrogens with two attached hydrogens (primary N) is 1. The number of hydrogen-bond donors (Lipinski definition) is 2. The van der Waals surface area contributed by atoms with E-state index in [2.05, 4.69) is 19.2 Å². The fraction of sp³-hybridized carbons (Fsp3) is 0.533. The van der Waals surface area contributed by atoms with Crippen molar-refractivity contribution < 1.29 is 4.79 Å². The summed E-state index contributed by atoms with van der Waals surface area (Å²) in [5.41, 5.74) is 6.79. The van der Waals surface area contributed by atoms with Crippen molar-refractivity contribution in [3.63, 3.8) is 0 Å². The van der Waals surface area contributed by atoms with E-state index in [1.54, 1.807) is 0 Å². The highest BCUT2D eigenvalue weighted by molar-refractivity contribution is 6.31. The molecule has 1 rings (SSSR count). The number of benzene rings is 1. The first-order valence-corrected chi connectivity index (χ1v) is 7.25. The largest absolute Gasteiger partial charge is 0.355 e. The Morgan fingerprint density at radius 1 is 1.40 bits per heavy atom. The third kappa shape index (κ3) is 5.12. The zero-order chi connectivity index (χ0) is 15.1. The molecule has 0 radical (unpaired) electrons. The lowest BCUT2D eigenvalue weighted by atomic mass is 10.1. The van der Waals surface area contributed by atoms with Crippen LogP contribution in [-0.2, 0) is 4.79 Å². The Bertz CT molecular complexity index is 437. The maximum Gasteiger partial charge on any atom is 0.234 e. The van der Waals surface area contributed by atoms with Gasteiger partial charge in [0.25, 0.3) is 0 Å². The lowest BCUT2D eigenvalue weighted by Gasteiger charge is -2.27. The number of rotatable bonds is 7. The van der Waals surface area contributed by atoms with Crippen LogP contribution in [0, 0.1) is 5.92 Å². The third-order valence-electron chi connectivity index (χ3n) is 3.12. The molecular weight excluding hydrogens is 274 g/mol. The molecule has 0 aromatic heterocycles. The zero-order valence-corrected chi connectivity index (χ0v) is 13.2. The summed E-state index contributed by atoms with van der Waals surface area (Å²) in [6.45, 7) is 5.54. The quantitative estimate of drug-likeness (QED) is 0.810. The molecule has 1 aromatic rings. The van der Waals surface area contributed by atoms with Crippen molar-refractivity contribution in [2.45, 2.75) is 19.9 Å². The smallest absolute Gasteiger partial charge is 0.234 e. The number of likely N-dealkylation sites (N-methyl/N-ethyl adjacent to an activating group) is 1. The Morgan fingerprint density at radius 3 is 2.60 bits per heavy atom. The van der Waals surface area contributed by atoms with Crippen molar-refractivity contribution in [1.82, 2.24) is 10.2 Å². The van der Waals surface area contributed by atoms with E-state index in [-0.39, 0.29) is 11.9 Å². The van der Waals surface area contributed by atoms with Crippen molar-refractivity contribution in [3.8, 4) is 0 Å². The second kappa shape index (κ2) is 8.25. The van der Waals surface area contributed by atoms with Crippen molar-refractivity contribution in [2.24, 2.45) is 11.7 Å². The van der Waals surface area contributed by atoms with Gasteiger partial charge in [-0.3, -0.25) is 9.69 Å². The molecule has 1 unspecified atom stereocenters. The average molecular weight is 298 g/mol. The van der Waals surface area contributed by atoms with Gasteiger partial charge < -0.3 is 11.1 Å². The van der Waals surface area contributed by atoms with Crippen LogP contribution in [0.3, 0.4) is 0 Å². The van der Waals surface area contributed by atoms with Gasteiger partial charge in [0.15, 0.2) is 0 Å². The molecule has 112 valence electrons. The Hall–Kier alpha value is -1.10. The second-order valence-electron chi connectivity index (χ2n) is 5.39. The van der Waals surface area contributed by atoms with Gasteiger partial charge in [-0.25, -0.2) is 0 Å². The summed E-state index contributed by atoms with van der Waals surface area (Å²) in [6.07, 6.45) is 0. The van der Waals surface area contributed by atoms with Crippen molar-refractivity contribution in [2.75, 3.05) is 26.7 Å². The molecule has 0 heterocycles. The van der Waals surface area contributed by atoms with Gasteiger partial charge in [0.05, 0.1) is 6.54 Å². The molecule has 1 aromatic carbocycles. The lowest BCUT2D eigenvalue weighted by molar-refractivity contribution is -0.122. The molecule has 0 aliphatic rings. The van der Waals surface area contributed by atoms with Crippen LogP contribution in [0.25, 0.3) is 0 Å². The summed E-state index contributed by atoms with van der Waals surface area (Å²) in [4.78, 5) is 13.8. The van der Waals surface area contributed by atoms with Crippen LogP contribution in [0.5, 0.6) is 0 Å². The predicted octanol–water partition coefficient (Wildman–Crippen LogP) is 2.04. The highest BCUT2D eigenvalue weighted by atomic mass is 35.5. The van der Waals surface area contributed by atoms with E-state index in [0.29, 0.717) is 30.6 Å². The van der Waals surface area contributed by atoms with Gasteiger partial charge in [0, 0.05) is 24.2 Å². The fourth-order valence-electron chi connectivity index (χ4n) is 2.00. The van der Waals surface area contributed by atoms with Crippen LogP contribution in [0.1, 0.15) is 25.5 Å². The monoisotopic (exact) mass is 297 g/mol. The summed E-state index contributed by atoms with van der Waals surface area (Å²) in [5, 5.41) is 3.58. The minimum absolute atomic E-state index is 0.00621. The molecule has 0 saturated heterocycles. The Labute approximate surface area is 126 Å². The molecule has 0 aliphatic carbocycles. The first-order valence-electron chi connectivity index (χ1n) is 6.87. The van der Waals surface area contributed by atoms with E-state index < -0.39 is 0 Å². The number of carbonyl (C=O) groups is 1. The first kappa shape index (κ1) is 17.0. The maximum atomic E-state index is 11.9. The lowest BCUT2D eigenvalue weighted by Crippen LogP contribution is -2.40. The molecule has 0 spiro atoms. The third-order valence-corrected chi connectivity index (χ3v) is 3.46. The van der Waals surface area contributed by atoms with Crippen LogP contribution >= 0.6 is 11.6 Å². The van der Waals surface area contributed by atoms with Gasteiger partial charge in [-0.05, 0) is 24.6 Å². The molecular formula is C15H24ClN3O. The van der Waals surface area contributed by atoms with Gasteiger partial charge in [-0.15, -0.1) is 0 Å². The van der Waals surface area contributed by atoms with E-state index in [0.717, 1.165) is 5.56 Å². The van der Waals surface area contributed by atoms with Gasteiger partial charge in [0.1, 0.15) is 0 Å². The Morgan fingerprint density at radius 2 is 2.05 bits per heavy atom. The molecule has 3 N–H and O–H groups in total. The van der Waals surface area contributed by atoms with Gasteiger partial charge in [-0.2, -0.15) is 0 Å². The molecule has 1 amide bonds. The minimum Gasteiger partial charge on any atom is -0.355 e. The molecule has 0 aliphatic heterocycles. The van der Waals surface area contributed by atoms with Gasteiger partial charge in [-0.1, -0.05) is 43.6 Å². The van der Waals surface area contributed by atoms with Crippen molar-refractivity contribution in [3.05, 3.63) is 34.9 Å².